The summed E-state index contributed by atoms with van der Waals surface area (Å²) in [4.78, 5) is 10.3. The Labute approximate surface area is 61.3 Å². The van der Waals surface area contributed by atoms with Crippen molar-refractivity contribution >= 4 is 33.5 Å². The van der Waals surface area contributed by atoms with E-state index in [0.717, 1.165) is 0 Å². The highest BCUT2D eigenvalue weighted by Crippen LogP contribution is 1.97. The lowest BCUT2D eigenvalue weighted by molar-refractivity contribution is -0.141. The van der Waals surface area contributed by atoms with Crippen LogP contribution in [0.15, 0.2) is 0 Å². The Morgan fingerprint density at radius 1 is 2.00 bits per heavy atom. The molecule has 0 N–H and O–H groups in total. The van der Waals surface area contributed by atoms with Crippen LogP contribution in [0.4, 0.5) is 0 Å². The zero-order valence-electron chi connectivity index (χ0n) is 4.36. The van der Waals surface area contributed by atoms with Gasteiger partial charge in [-0.25, -0.2) is 0 Å². The van der Waals surface area contributed by atoms with Gasteiger partial charge in [-0.15, -0.1) is 0 Å². The summed E-state index contributed by atoms with van der Waals surface area (Å²) < 4.78 is 4.48. The van der Waals surface area contributed by atoms with Crippen LogP contribution in [0, 0.1) is 0 Å². The Balaban J connectivity index is 3.25. The monoisotopic (exact) mass is 200 g/mol. The third-order valence-corrected chi connectivity index (χ3v) is 0.950. The maximum atomic E-state index is 10.3. The number of alkyl halides is 2. The van der Waals surface area contributed by atoms with Crippen molar-refractivity contribution in [3.05, 3.63) is 0 Å². The normalized spacial score (nSPS) is 12.9. The van der Waals surface area contributed by atoms with Crippen molar-refractivity contribution in [2.24, 2.45) is 0 Å². The Bertz CT molecular complexity index is 84.1. The SMILES string of the molecule is CC(Cl)OC(=O)CBr. The molecule has 0 aromatic heterocycles. The van der Waals surface area contributed by atoms with E-state index in [1.807, 2.05) is 0 Å². The van der Waals surface area contributed by atoms with Gasteiger partial charge < -0.3 is 4.74 Å². The summed E-state index contributed by atoms with van der Waals surface area (Å²) in [5.74, 6) is -0.340. The first kappa shape index (κ1) is 8.24. The topological polar surface area (TPSA) is 26.3 Å². The minimum absolute atomic E-state index is 0.198. The molecule has 1 atom stereocenters. The van der Waals surface area contributed by atoms with Gasteiger partial charge in [0.1, 0.15) is 5.33 Å². The molecule has 0 aliphatic heterocycles. The maximum Gasteiger partial charge on any atom is 0.318 e. The van der Waals surface area contributed by atoms with Crippen molar-refractivity contribution in [1.29, 1.82) is 0 Å². The average molecular weight is 201 g/mol. The molecular weight excluding hydrogens is 195 g/mol. The third kappa shape index (κ3) is 4.40. The molecule has 0 aromatic carbocycles. The van der Waals surface area contributed by atoms with Crippen LogP contribution in [0.25, 0.3) is 0 Å². The molecule has 0 spiro atoms. The van der Waals surface area contributed by atoms with Crippen molar-refractivity contribution in [1.82, 2.24) is 0 Å². The fourth-order valence-electron chi connectivity index (χ4n) is 0.213. The molecule has 2 nitrogen and oxygen atoms in total. The van der Waals surface area contributed by atoms with E-state index >= 15 is 0 Å². The van der Waals surface area contributed by atoms with E-state index in [1.54, 1.807) is 6.92 Å². The van der Waals surface area contributed by atoms with Gasteiger partial charge in [-0.1, -0.05) is 27.5 Å². The van der Waals surface area contributed by atoms with Crippen molar-refractivity contribution in [2.45, 2.75) is 12.5 Å². The first-order valence-electron chi connectivity index (χ1n) is 2.06. The molecule has 0 amide bonds. The zero-order valence-corrected chi connectivity index (χ0v) is 6.70. The van der Waals surface area contributed by atoms with Gasteiger partial charge in [-0.3, -0.25) is 4.79 Å². The lowest BCUT2D eigenvalue weighted by Crippen LogP contribution is -2.09. The van der Waals surface area contributed by atoms with Gasteiger partial charge in [0.2, 0.25) is 0 Å². The van der Waals surface area contributed by atoms with E-state index in [1.165, 1.54) is 0 Å². The van der Waals surface area contributed by atoms with Gasteiger partial charge >= 0.3 is 5.97 Å². The van der Waals surface area contributed by atoms with Crippen molar-refractivity contribution in [2.75, 3.05) is 5.33 Å². The minimum Gasteiger partial charge on any atom is -0.446 e. The van der Waals surface area contributed by atoms with Gasteiger partial charge in [0, 0.05) is 0 Å². The Hall–Kier alpha value is 0.240. The molecule has 0 rings (SSSR count). The second-order valence-electron chi connectivity index (χ2n) is 1.17. The molecule has 0 fully saturated rings. The van der Waals surface area contributed by atoms with Crippen molar-refractivity contribution in [3.63, 3.8) is 0 Å². The molecule has 8 heavy (non-hydrogen) atoms. The smallest absolute Gasteiger partial charge is 0.318 e. The number of carbonyl (C=O) groups is 1. The highest BCUT2D eigenvalue weighted by Gasteiger charge is 2.01. The van der Waals surface area contributed by atoms with Gasteiger partial charge in [0.05, 0.1) is 0 Å². The number of hydrogen-bond acceptors (Lipinski definition) is 2. The van der Waals surface area contributed by atoms with Gasteiger partial charge in [-0.05, 0) is 6.92 Å². The molecule has 0 saturated carbocycles. The van der Waals surface area contributed by atoms with E-state index in [0.29, 0.717) is 0 Å². The average Bonchev–Trinajstić information content (AvgIpc) is 1.65. The molecule has 0 saturated heterocycles. The van der Waals surface area contributed by atoms with E-state index in [9.17, 15) is 4.79 Å². The van der Waals surface area contributed by atoms with Crippen LogP contribution in [0.3, 0.4) is 0 Å². The quantitative estimate of drug-likeness (QED) is 0.500. The number of carbonyl (C=O) groups excluding carboxylic acids is 1. The Kier molecular flexibility index (Phi) is 4.28. The van der Waals surface area contributed by atoms with E-state index in [2.05, 4.69) is 20.7 Å². The standard InChI is InChI=1S/C4H6BrClO2/c1-3(6)8-4(7)2-5/h3H,2H2,1H3. The molecule has 0 aliphatic carbocycles. The Morgan fingerprint density at radius 2 is 2.50 bits per heavy atom. The predicted molar refractivity (Wildman–Crippen MR) is 35.2 cm³/mol. The van der Waals surface area contributed by atoms with Crippen LogP contribution in [-0.4, -0.2) is 16.9 Å². The maximum absolute atomic E-state index is 10.3. The minimum atomic E-state index is -0.528. The molecule has 0 heterocycles. The molecule has 48 valence electrons. The third-order valence-electron chi connectivity index (χ3n) is 0.403. The lowest BCUT2D eigenvalue weighted by Gasteiger charge is -2.01. The number of ether oxygens (including phenoxy) is 1. The fourth-order valence-corrected chi connectivity index (χ4v) is 0.444. The Morgan fingerprint density at radius 3 is 2.62 bits per heavy atom. The van der Waals surface area contributed by atoms with E-state index in [-0.39, 0.29) is 11.3 Å². The molecule has 0 aliphatic rings. The molecule has 4 heteroatoms. The van der Waals surface area contributed by atoms with Crippen molar-refractivity contribution in [3.8, 4) is 0 Å². The largest absolute Gasteiger partial charge is 0.446 e. The first-order chi connectivity index (χ1) is 3.66. The second-order valence-corrected chi connectivity index (χ2v) is 2.34. The summed E-state index contributed by atoms with van der Waals surface area (Å²) in [6, 6.07) is 0. The summed E-state index contributed by atoms with van der Waals surface area (Å²) in [6.45, 7) is 1.59. The fraction of sp³-hybridized carbons (Fsp3) is 0.750. The summed E-state index contributed by atoms with van der Waals surface area (Å²) in [5, 5.41) is 0.198. The highest BCUT2D eigenvalue weighted by atomic mass is 79.9. The highest BCUT2D eigenvalue weighted by molar-refractivity contribution is 9.09. The van der Waals surface area contributed by atoms with Crippen LogP contribution in [0.5, 0.6) is 0 Å². The van der Waals surface area contributed by atoms with Crippen LogP contribution in [0.1, 0.15) is 6.92 Å². The summed E-state index contributed by atoms with van der Waals surface area (Å²) in [7, 11) is 0. The van der Waals surface area contributed by atoms with Gasteiger partial charge in [0.15, 0.2) is 5.56 Å². The van der Waals surface area contributed by atoms with E-state index < -0.39 is 5.56 Å². The summed E-state index contributed by atoms with van der Waals surface area (Å²) in [5.41, 5.74) is -0.528. The summed E-state index contributed by atoms with van der Waals surface area (Å²) in [6.07, 6.45) is 0. The number of esters is 1. The van der Waals surface area contributed by atoms with Crippen LogP contribution in [-0.2, 0) is 9.53 Å². The molecular formula is C4H6BrClO2. The van der Waals surface area contributed by atoms with Crippen LogP contribution in [0.2, 0.25) is 0 Å². The van der Waals surface area contributed by atoms with E-state index in [4.69, 9.17) is 11.6 Å². The number of hydrogen-bond donors (Lipinski definition) is 0. The first-order valence-corrected chi connectivity index (χ1v) is 3.62. The molecule has 0 aromatic rings. The second kappa shape index (κ2) is 4.15. The van der Waals surface area contributed by atoms with Crippen LogP contribution < -0.4 is 0 Å². The number of halogens is 2. The van der Waals surface area contributed by atoms with Crippen molar-refractivity contribution < 1.29 is 9.53 Å². The predicted octanol–water partition coefficient (Wildman–Crippen LogP) is 1.51. The lowest BCUT2D eigenvalue weighted by atomic mass is 10.8. The molecule has 0 radical (unpaired) electrons. The zero-order chi connectivity index (χ0) is 6.57. The molecule has 0 bridgehead atoms. The van der Waals surface area contributed by atoms with Gasteiger partial charge in [0.25, 0.3) is 0 Å². The van der Waals surface area contributed by atoms with Crippen LogP contribution >= 0.6 is 27.5 Å². The van der Waals surface area contributed by atoms with Gasteiger partial charge in [-0.2, -0.15) is 0 Å². The molecule has 1 unspecified atom stereocenters. The summed E-state index contributed by atoms with van der Waals surface area (Å²) >= 11 is 8.20. The number of rotatable bonds is 2.